The Morgan fingerprint density at radius 3 is 2.47 bits per heavy atom. The van der Waals surface area contributed by atoms with Crippen molar-refractivity contribution in [2.75, 3.05) is 7.05 Å². The highest BCUT2D eigenvalue weighted by Gasteiger charge is 2.37. The molecule has 1 N–H and O–H groups in total. The van der Waals surface area contributed by atoms with Crippen LogP contribution in [0, 0.1) is 5.41 Å². The first-order valence-corrected chi connectivity index (χ1v) is 5.79. The Morgan fingerprint density at radius 2 is 1.93 bits per heavy atom. The maximum absolute atomic E-state index is 3.48. The molecule has 0 saturated carbocycles. The lowest BCUT2D eigenvalue weighted by molar-refractivity contribution is 0.229. The van der Waals surface area contributed by atoms with Crippen LogP contribution in [0.3, 0.4) is 0 Å². The fourth-order valence-electron chi connectivity index (χ4n) is 2.83. The zero-order chi connectivity index (χ0) is 11.1. The van der Waals surface area contributed by atoms with Crippen LogP contribution in [0.5, 0.6) is 0 Å². The van der Waals surface area contributed by atoms with Gasteiger partial charge in [-0.3, -0.25) is 0 Å². The lowest BCUT2D eigenvalue weighted by Gasteiger charge is -2.43. The molecule has 1 aromatic carbocycles. The summed E-state index contributed by atoms with van der Waals surface area (Å²) in [5.74, 6) is 0.700. The summed E-state index contributed by atoms with van der Waals surface area (Å²) in [7, 11) is 2.08. The van der Waals surface area contributed by atoms with Crippen LogP contribution in [0.15, 0.2) is 24.3 Å². The molecule has 0 spiro atoms. The molecule has 1 aliphatic rings. The molecule has 0 aromatic heterocycles. The van der Waals surface area contributed by atoms with Gasteiger partial charge in [-0.1, -0.05) is 45.0 Å². The summed E-state index contributed by atoms with van der Waals surface area (Å²) in [6.07, 6.45) is 1.24. The van der Waals surface area contributed by atoms with Gasteiger partial charge in [-0.05, 0) is 30.0 Å². The average Bonchev–Trinajstić information content (AvgIpc) is 2.12. The third kappa shape index (κ3) is 1.81. The van der Waals surface area contributed by atoms with Crippen molar-refractivity contribution in [2.45, 2.75) is 39.2 Å². The summed E-state index contributed by atoms with van der Waals surface area (Å²) in [4.78, 5) is 0. The van der Waals surface area contributed by atoms with Crippen molar-refractivity contribution in [3.63, 3.8) is 0 Å². The van der Waals surface area contributed by atoms with Gasteiger partial charge in [0.2, 0.25) is 0 Å². The van der Waals surface area contributed by atoms with E-state index in [-0.39, 0.29) is 0 Å². The van der Waals surface area contributed by atoms with Gasteiger partial charge in [-0.2, -0.15) is 0 Å². The van der Waals surface area contributed by atoms with E-state index >= 15 is 0 Å². The Hall–Kier alpha value is -0.820. The molecule has 0 amide bonds. The van der Waals surface area contributed by atoms with Crippen LogP contribution in [-0.4, -0.2) is 13.1 Å². The summed E-state index contributed by atoms with van der Waals surface area (Å²) in [5.41, 5.74) is 3.41. The standard InChI is InChI=1S/C14H21N/c1-14(2,3)13(15-4)12-9-10-7-5-6-8-11(10)12/h5-8,12-13,15H,9H2,1-4H3. The number of hydrogen-bond donors (Lipinski definition) is 1. The second-order valence-corrected chi connectivity index (χ2v) is 5.64. The zero-order valence-corrected chi connectivity index (χ0v) is 10.2. The molecule has 0 radical (unpaired) electrons. The highest BCUT2D eigenvalue weighted by atomic mass is 14.9. The Bertz CT molecular complexity index is 349. The summed E-state index contributed by atoms with van der Waals surface area (Å²) in [6.45, 7) is 6.94. The molecule has 82 valence electrons. The quantitative estimate of drug-likeness (QED) is 0.779. The van der Waals surface area contributed by atoms with Crippen molar-refractivity contribution >= 4 is 0 Å². The number of rotatable bonds is 2. The Labute approximate surface area is 92.9 Å². The van der Waals surface area contributed by atoms with Crippen molar-refractivity contribution in [1.29, 1.82) is 0 Å². The summed E-state index contributed by atoms with van der Waals surface area (Å²) < 4.78 is 0. The highest BCUT2D eigenvalue weighted by Crippen LogP contribution is 2.42. The van der Waals surface area contributed by atoms with Gasteiger partial charge >= 0.3 is 0 Å². The van der Waals surface area contributed by atoms with Gasteiger partial charge in [0.15, 0.2) is 0 Å². The van der Waals surface area contributed by atoms with Gasteiger partial charge < -0.3 is 5.32 Å². The van der Waals surface area contributed by atoms with Crippen LogP contribution in [0.25, 0.3) is 0 Å². The topological polar surface area (TPSA) is 12.0 Å². The second-order valence-electron chi connectivity index (χ2n) is 5.64. The van der Waals surface area contributed by atoms with E-state index in [4.69, 9.17) is 0 Å². The summed E-state index contributed by atoms with van der Waals surface area (Å²) in [6, 6.07) is 9.40. The van der Waals surface area contributed by atoms with E-state index in [1.807, 2.05) is 0 Å². The number of hydrogen-bond acceptors (Lipinski definition) is 1. The predicted octanol–water partition coefficient (Wildman–Crippen LogP) is 2.96. The maximum atomic E-state index is 3.48. The van der Waals surface area contributed by atoms with E-state index in [0.717, 1.165) is 0 Å². The minimum Gasteiger partial charge on any atom is -0.316 e. The SMILES string of the molecule is CNC(C1Cc2ccccc21)C(C)(C)C. The first-order valence-electron chi connectivity index (χ1n) is 5.79. The van der Waals surface area contributed by atoms with Crippen molar-refractivity contribution in [2.24, 2.45) is 5.41 Å². The largest absolute Gasteiger partial charge is 0.316 e. The van der Waals surface area contributed by atoms with Gasteiger partial charge in [0.25, 0.3) is 0 Å². The van der Waals surface area contributed by atoms with E-state index < -0.39 is 0 Å². The molecule has 0 heterocycles. The Morgan fingerprint density at radius 1 is 1.27 bits per heavy atom. The first kappa shape index (κ1) is 10.7. The van der Waals surface area contributed by atoms with Crippen LogP contribution in [0.4, 0.5) is 0 Å². The minimum atomic E-state index is 0.326. The predicted molar refractivity (Wildman–Crippen MR) is 65.2 cm³/mol. The van der Waals surface area contributed by atoms with Crippen LogP contribution in [0.2, 0.25) is 0 Å². The molecule has 2 rings (SSSR count). The number of nitrogens with one attached hydrogen (secondary N) is 1. The second kappa shape index (κ2) is 3.64. The molecule has 2 unspecified atom stereocenters. The fraction of sp³-hybridized carbons (Fsp3) is 0.571. The third-order valence-electron chi connectivity index (χ3n) is 3.54. The van der Waals surface area contributed by atoms with Crippen molar-refractivity contribution in [1.82, 2.24) is 5.32 Å². The molecule has 0 bridgehead atoms. The lowest BCUT2D eigenvalue weighted by atomic mass is 9.66. The van der Waals surface area contributed by atoms with Crippen LogP contribution >= 0.6 is 0 Å². The summed E-state index contributed by atoms with van der Waals surface area (Å²) >= 11 is 0. The van der Waals surface area contributed by atoms with Gasteiger partial charge in [0.1, 0.15) is 0 Å². The van der Waals surface area contributed by atoms with E-state index in [9.17, 15) is 0 Å². The molecule has 0 saturated heterocycles. The monoisotopic (exact) mass is 203 g/mol. The van der Waals surface area contributed by atoms with Gasteiger partial charge in [0.05, 0.1) is 0 Å². The molecule has 1 nitrogen and oxygen atoms in total. The molecule has 0 fully saturated rings. The van der Waals surface area contributed by atoms with Crippen LogP contribution in [0.1, 0.15) is 37.8 Å². The molecule has 2 atom stereocenters. The number of fused-ring (bicyclic) bond motifs is 1. The molecule has 1 heteroatoms. The highest BCUT2D eigenvalue weighted by molar-refractivity contribution is 5.41. The maximum Gasteiger partial charge on any atom is 0.0185 e. The zero-order valence-electron chi connectivity index (χ0n) is 10.2. The molecular formula is C14H21N. The molecule has 0 aliphatic heterocycles. The summed E-state index contributed by atoms with van der Waals surface area (Å²) in [5, 5.41) is 3.48. The normalized spacial score (nSPS) is 21.7. The van der Waals surface area contributed by atoms with E-state index in [1.165, 1.54) is 12.0 Å². The van der Waals surface area contributed by atoms with E-state index in [0.29, 0.717) is 17.4 Å². The fourth-order valence-corrected chi connectivity index (χ4v) is 2.83. The smallest absolute Gasteiger partial charge is 0.0185 e. The van der Waals surface area contributed by atoms with E-state index in [1.54, 1.807) is 5.56 Å². The minimum absolute atomic E-state index is 0.326. The molecule has 1 aliphatic carbocycles. The van der Waals surface area contributed by atoms with Gasteiger partial charge in [-0.15, -0.1) is 0 Å². The number of likely N-dealkylation sites (N-methyl/N-ethyl adjacent to an activating group) is 1. The van der Waals surface area contributed by atoms with Crippen molar-refractivity contribution in [3.8, 4) is 0 Å². The van der Waals surface area contributed by atoms with E-state index in [2.05, 4.69) is 57.4 Å². The Balaban J connectivity index is 2.22. The third-order valence-corrected chi connectivity index (χ3v) is 3.54. The van der Waals surface area contributed by atoms with Crippen molar-refractivity contribution < 1.29 is 0 Å². The Kier molecular flexibility index (Phi) is 2.59. The van der Waals surface area contributed by atoms with Crippen LogP contribution < -0.4 is 5.32 Å². The van der Waals surface area contributed by atoms with Gasteiger partial charge in [-0.25, -0.2) is 0 Å². The molecule has 1 aromatic rings. The number of benzene rings is 1. The van der Waals surface area contributed by atoms with Crippen molar-refractivity contribution in [3.05, 3.63) is 35.4 Å². The average molecular weight is 203 g/mol. The first-order chi connectivity index (χ1) is 7.04. The molecular weight excluding hydrogens is 182 g/mol. The lowest BCUT2D eigenvalue weighted by Crippen LogP contribution is -2.46. The van der Waals surface area contributed by atoms with Gasteiger partial charge in [0, 0.05) is 12.0 Å². The molecule has 15 heavy (non-hydrogen) atoms. The van der Waals surface area contributed by atoms with Crippen LogP contribution in [-0.2, 0) is 6.42 Å².